The number of carboxylic acid groups (broad SMARTS) is 1. The highest BCUT2D eigenvalue weighted by atomic mass is 16.4. The van der Waals surface area contributed by atoms with Crippen LogP contribution in [0.1, 0.15) is 71.1 Å². The Morgan fingerprint density at radius 2 is 1.73 bits per heavy atom. The van der Waals surface area contributed by atoms with Gasteiger partial charge in [-0.05, 0) is 32.1 Å². The molecule has 0 rings (SSSR count). The summed E-state index contributed by atoms with van der Waals surface area (Å²) in [5.41, 5.74) is 0. The molecule has 22 heavy (non-hydrogen) atoms. The van der Waals surface area contributed by atoms with Gasteiger partial charge in [0.25, 0.3) is 0 Å². The lowest BCUT2D eigenvalue weighted by Crippen LogP contribution is -2.01. The summed E-state index contributed by atoms with van der Waals surface area (Å²) in [7, 11) is 0. The topological polar surface area (TPSA) is 74.6 Å². The molecule has 0 radical (unpaired) electrons. The Labute approximate surface area is 133 Å². The molecule has 0 aliphatic carbocycles. The number of ketones is 1. The van der Waals surface area contributed by atoms with Gasteiger partial charge in [-0.2, -0.15) is 0 Å². The van der Waals surface area contributed by atoms with E-state index in [1.807, 2.05) is 6.08 Å². The second-order valence-electron chi connectivity index (χ2n) is 5.54. The van der Waals surface area contributed by atoms with Crippen LogP contribution in [-0.2, 0) is 9.59 Å². The molecule has 0 aromatic carbocycles. The summed E-state index contributed by atoms with van der Waals surface area (Å²) in [5, 5.41) is 18.2. The largest absolute Gasteiger partial charge is 0.481 e. The van der Waals surface area contributed by atoms with E-state index >= 15 is 0 Å². The summed E-state index contributed by atoms with van der Waals surface area (Å²) in [6, 6.07) is 0. The molecular weight excluding hydrogens is 280 g/mol. The van der Waals surface area contributed by atoms with E-state index in [-0.39, 0.29) is 12.2 Å². The van der Waals surface area contributed by atoms with Crippen molar-refractivity contribution in [3.8, 4) is 0 Å². The van der Waals surface area contributed by atoms with Crippen molar-refractivity contribution in [1.29, 1.82) is 0 Å². The van der Waals surface area contributed by atoms with Crippen LogP contribution >= 0.6 is 0 Å². The van der Waals surface area contributed by atoms with Crippen LogP contribution in [-0.4, -0.2) is 28.1 Å². The van der Waals surface area contributed by atoms with Crippen LogP contribution in [0.3, 0.4) is 0 Å². The van der Waals surface area contributed by atoms with E-state index in [2.05, 4.69) is 13.0 Å². The first kappa shape index (κ1) is 20.6. The van der Waals surface area contributed by atoms with Crippen LogP contribution in [0, 0.1) is 0 Å². The minimum atomic E-state index is -0.821. The normalized spacial score (nSPS) is 13.0. The number of rotatable bonds is 14. The summed E-state index contributed by atoms with van der Waals surface area (Å²) >= 11 is 0. The van der Waals surface area contributed by atoms with Crippen molar-refractivity contribution in [3.63, 3.8) is 0 Å². The lowest BCUT2D eigenvalue weighted by atomic mass is 10.1. The third-order valence-electron chi connectivity index (χ3n) is 3.32. The van der Waals surface area contributed by atoms with Crippen LogP contribution in [0.4, 0.5) is 0 Å². The minimum Gasteiger partial charge on any atom is -0.481 e. The highest BCUT2D eigenvalue weighted by Gasteiger charge is 2.02. The van der Waals surface area contributed by atoms with Gasteiger partial charge in [-0.1, -0.05) is 44.1 Å². The molecule has 0 saturated heterocycles. The number of allylic oxidation sites excluding steroid dienone is 2. The smallest absolute Gasteiger partial charge is 0.303 e. The first-order valence-electron chi connectivity index (χ1n) is 8.29. The number of Topliss-reactive ketones (excluding diaryl/α,β-unsaturated/α-hetero) is 1. The predicted molar refractivity (Wildman–Crippen MR) is 88.8 cm³/mol. The lowest BCUT2D eigenvalue weighted by molar-refractivity contribution is -0.137. The number of hydrogen-bond acceptors (Lipinski definition) is 3. The second-order valence-corrected chi connectivity index (χ2v) is 5.54. The van der Waals surface area contributed by atoms with Gasteiger partial charge in [-0.15, -0.1) is 0 Å². The Balaban J connectivity index is 3.64. The molecule has 126 valence electrons. The van der Waals surface area contributed by atoms with Crippen molar-refractivity contribution in [2.75, 3.05) is 0 Å². The van der Waals surface area contributed by atoms with Crippen LogP contribution in [0.2, 0.25) is 0 Å². The quantitative estimate of drug-likeness (QED) is 0.375. The maximum absolute atomic E-state index is 11.5. The summed E-state index contributed by atoms with van der Waals surface area (Å²) in [4.78, 5) is 21.9. The predicted octanol–water partition coefficient (Wildman–Crippen LogP) is 4.03. The van der Waals surface area contributed by atoms with Crippen molar-refractivity contribution in [2.24, 2.45) is 0 Å². The molecule has 0 aromatic heterocycles. The first-order valence-corrected chi connectivity index (χ1v) is 8.29. The van der Waals surface area contributed by atoms with Gasteiger partial charge in [0.15, 0.2) is 0 Å². The van der Waals surface area contributed by atoms with E-state index in [4.69, 9.17) is 5.11 Å². The molecular formula is C18H30O4. The fourth-order valence-corrected chi connectivity index (χ4v) is 2.00. The molecule has 4 nitrogen and oxygen atoms in total. The third kappa shape index (κ3) is 15.0. The van der Waals surface area contributed by atoms with Gasteiger partial charge in [-0.25, -0.2) is 0 Å². The van der Waals surface area contributed by atoms with Crippen LogP contribution in [0.15, 0.2) is 24.3 Å². The molecule has 0 bridgehead atoms. The van der Waals surface area contributed by atoms with Gasteiger partial charge < -0.3 is 10.2 Å². The van der Waals surface area contributed by atoms with Crippen molar-refractivity contribution in [2.45, 2.75) is 77.2 Å². The Morgan fingerprint density at radius 3 is 2.41 bits per heavy atom. The molecule has 0 saturated carbocycles. The zero-order valence-corrected chi connectivity index (χ0v) is 13.7. The molecule has 0 aliphatic rings. The lowest BCUT2D eigenvalue weighted by Gasteiger charge is -2.01. The molecule has 1 atom stereocenters. The number of aliphatic hydroxyl groups is 1. The van der Waals surface area contributed by atoms with Crippen LogP contribution < -0.4 is 0 Å². The van der Waals surface area contributed by atoms with Gasteiger partial charge in [0, 0.05) is 19.3 Å². The van der Waals surface area contributed by atoms with Gasteiger partial charge in [0.1, 0.15) is 5.78 Å². The average molecular weight is 310 g/mol. The van der Waals surface area contributed by atoms with Crippen LogP contribution in [0.5, 0.6) is 0 Å². The Bertz CT molecular complexity index is 358. The van der Waals surface area contributed by atoms with Crippen LogP contribution in [0.25, 0.3) is 0 Å². The maximum Gasteiger partial charge on any atom is 0.303 e. The fourth-order valence-electron chi connectivity index (χ4n) is 2.00. The van der Waals surface area contributed by atoms with Gasteiger partial charge >= 0.3 is 5.97 Å². The number of carbonyl (C=O) groups is 2. The van der Waals surface area contributed by atoms with E-state index in [9.17, 15) is 14.7 Å². The Kier molecular flexibility index (Phi) is 13.6. The Hall–Kier alpha value is -1.42. The number of aliphatic carboxylic acids is 1. The molecule has 0 fully saturated rings. The molecule has 2 N–H and O–H groups in total. The molecule has 0 spiro atoms. The number of hydrogen-bond donors (Lipinski definition) is 2. The minimum absolute atomic E-state index is 0.0870. The zero-order chi connectivity index (χ0) is 16.6. The van der Waals surface area contributed by atoms with E-state index in [1.54, 1.807) is 12.2 Å². The van der Waals surface area contributed by atoms with E-state index in [0.717, 1.165) is 6.42 Å². The second kappa shape index (κ2) is 14.5. The highest BCUT2D eigenvalue weighted by molar-refractivity contribution is 5.79. The Morgan fingerprint density at radius 1 is 1.00 bits per heavy atom. The number of carbonyl (C=O) groups excluding carboxylic acids is 1. The van der Waals surface area contributed by atoms with Gasteiger partial charge in [0.2, 0.25) is 0 Å². The molecule has 0 aromatic rings. The maximum atomic E-state index is 11.5. The van der Waals surface area contributed by atoms with Crippen molar-refractivity contribution < 1.29 is 19.8 Å². The van der Waals surface area contributed by atoms with E-state index < -0.39 is 12.1 Å². The summed E-state index contributed by atoms with van der Waals surface area (Å²) in [6.45, 7) is 2.17. The molecule has 0 amide bonds. The fraction of sp³-hybridized carbons (Fsp3) is 0.667. The molecule has 1 unspecified atom stereocenters. The summed E-state index contributed by atoms with van der Waals surface area (Å²) in [5.74, 6) is -0.734. The molecule has 4 heteroatoms. The average Bonchev–Trinajstić information content (AvgIpc) is 2.47. The van der Waals surface area contributed by atoms with Gasteiger partial charge in [-0.3, -0.25) is 9.59 Å². The molecule has 0 heterocycles. The number of unbranched alkanes of at least 4 members (excludes halogenated alkanes) is 4. The SMILES string of the molecule is CCCCCC=CCC(O)C=CCC(=O)CCCCC(=O)O. The monoisotopic (exact) mass is 310 g/mol. The van der Waals surface area contributed by atoms with E-state index in [0.29, 0.717) is 32.1 Å². The van der Waals surface area contributed by atoms with Crippen molar-refractivity contribution >= 4 is 11.8 Å². The molecule has 0 aliphatic heterocycles. The highest BCUT2D eigenvalue weighted by Crippen LogP contribution is 2.05. The standard InChI is InChI=1S/C18H30O4/c1-2-3-4-5-6-7-11-16(19)13-10-14-17(20)12-8-9-15-18(21)22/h6-7,10,13,16,19H,2-5,8-9,11-12,14-15H2,1H3,(H,21,22). The third-order valence-corrected chi connectivity index (χ3v) is 3.32. The zero-order valence-electron chi connectivity index (χ0n) is 13.7. The van der Waals surface area contributed by atoms with Gasteiger partial charge in [0.05, 0.1) is 6.10 Å². The van der Waals surface area contributed by atoms with Crippen molar-refractivity contribution in [3.05, 3.63) is 24.3 Å². The first-order chi connectivity index (χ1) is 10.6. The summed E-state index contributed by atoms with van der Waals surface area (Å²) in [6.07, 6.45) is 14.2. The summed E-state index contributed by atoms with van der Waals surface area (Å²) < 4.78 is 0. The van der Waals surface area contributed by atoms with E-state index in [1.165, 1.54) is 19.3 Å². The number of carboxylic acids is 1. The number of aliphatic hydroxyl groups excluding tert-OH is 1. The van der Waals surface area contributed by atoms with Crippen molar-refractivity contribution in [1.82, 2.24) is 0 Å².